The molecule has 1 aliphatic rings. The van der Waals surface area contributed by atoms with Crippen LogP contribution in [0.15, 0.2) is 30.5 Å². The molecule has 0 radical (unpaired) electrons. The number of aromatic nitrogens is 1. The first-order valence-electron chi connectivity index (χ1n) is 6.26. The predicted molar refractivity (Wildman–Crippen MR) is 77.3 cm³/mol. The minimum Gasteiger partial charge on any atom is -0.439 e. The molecule has 0 atom stereocenters. The lowest BCUT2D eigenvalue weighted by atomic mass is 10.1. The molecule has 0 saturated carbocycles. The molecule has 1 aromatic carbocycles. The molecule has 0 spiro atoms. The van der Waals surface area contributed by atoms with Crippen molar-refractivity contribution >= 4 is 23.2 Å². The Hall–Kier alpha value is -1.25. The monoisotopic (exact) mass is 293 g/mol. The lowest BCUT2D eigenvalue weighted by molar-refractivity contribution is 0.462. The molecule has 0 N–H and O–H groups in total. The van der Waals surface area contributed by atoms with Gasteiger partial charge in [0, 0.05) is 18.1 Å². The van der Waals surface area contributed by atoms with Crippen LogP contribution in [0.3, 0.4) is 0 Å². The third-order valence-electron chi connectivity index (χ3n) is 3.35. The average Bonchev–Trinajstić information content (AvgIpc) is 2.88. The number of rotatable bonds is 3. The number of aryl methyl sites for hydroxylation is 2. The van der Waals surface area contributed by atoms with E-state index in [-0.39, 0.29) is 0 Å². The third kappa shape index (κ3) is 2.70. The smallest absolute Gasteiger partial charge is 0.219 e. The van der Waals surface area contributed by atoms with E-state index >= 15 is 0 Å². The fourth-order valence-corrected chi connectivity index (χ4v) is 2.81. The van der Waals surface area contributed by atoms with Gasteiger partial charge < -0.3 is 4.74 Å². The second-order valence-electron chi connectivity index (χ2n) is 4.63. The van der Waals surface area contributed by atoms with Crippen molar-refractivity contribution in [1.29, 1.82) is 0 Å². The van der Waals surface area contributed by atoms with Crippen LogP contribution in [0.4, 0.5) is 0 Å². The summed E-state index contributed by atoms with van der Waals surface area (Å²) in [6.45, 7) is 0. The van der Waals surface area contributed by atoms with Crippen molar-refractivity contribution in [3.05, 3.63) is 52.2 Å². The maximum atomic E-state index is 5.97. The molecule has 2 nitrogen and oxygen atoms in total. The van der Waals surface area contributed by atoms with Crippen LogP contribution in [0.5, 0.6) is 11.6 Å². The van der Waals surface area contributed by atoms with Gasteiger partial charge in [0.05, 0.1) is 5.02 Å². The van der Waals surface area contributed by atoms with Crippen molar-refractivity contribution in [3.63, 3.8) is 0 Å². The molecule has 0 amide bonds. The van der Waals surface area contributed by atoms with Crippen molar-refractivity contribution in [2.75, 3.05) is 0 Å². The fourth-order valence-electron chi connectivity index (χ4n) is 2.35. The van der Waals surface area contributed by atoms with Crippen molar-refractivity contribution < 1.29 is 4.74 Å². The van der Waals surface area contributed by atoms with E-state index in [9.17, 15) is 0 Å². The highest BCUT2D eigenvalue weighted by atomic mass is 35.5. The maximum absolute atomic E-state index is 5.97. The van der Waals surface area contributed by atoms with Crippen molar-refractivity contribution in [1.82, 2.24) is 4.98 Å². The van der Waals surface area contributed by atoms with E-state index in [1.54, 1.807) is 12.3 Å². The summed E-state index contributed by atoms with van der Waals surface area (Å²) in [7, 11) is 0. The number of nitrogens with zero attached hydrogens (tertiary/aromatic N) is 1. The SMILES string of the molecule is ClCc1cc(Oc2ccc3c(c2)CCC3)ncc1Cl. The Bertz CT molecular complexity index is 604. The molecule has 1 aliphatic carbocycles. The zero-order chi connectivity index (χ0) is 13.2. The van der Waals surface area contributed by atoms with Gasteiger partial charge in [-0.2, -0.15) is 0 Å². The van der Waals surface area contributed by atoms with Crippen LogP contribution in [0, 0.1) is 0 Å². The molecular formula is C15H13Cl2NO. The minimum absolute atomic E-state index is 0.349. The molecule has 2 aromatic rings. The van der Waals surface area contributed by atoms with Crippen LogP contribution in [-0.4, -0.2) is 4.98 Å². The van der Waals surface area contributed by atoms with Gasteiger partial charge in [-0.15, -0.1) is 11.6 Å². The molecule has 19 heavy (non-hydrogen) atoms. The minimum atomic E-state index is 0.349. The normalized spacial score (nSPS) is 13.4. The second kappa shape index (κ2) is 5.40. The molecular weight excluding hydrogens is 281 g/mol. The Balaban J connectivity index is 1.85. The Kier molecular flexibility index (Phi) is 3.63. The van der Waals surface area contributed by atoms with Crippen LogP contribution in [-0.2, 0) is 18.7 Å². The van der Waals surface area contributed by atoms with Crippen LogP contribution in [0.25, 0.3) is 0 Å². The Morgan fingerprint density at radius 2 is 2.00 bits per heavy atom. The molecule has 4 heteroatoms. The molecule has 0 unspecified atom stereocenters. The second-order valence-corrected chi connectivity index (χ2v) is 5.31. The lowest BCUT2D eigenvalue weighted by Gasteiger charge is -2.08. The Morgan fingerprint density at radius 3 is 2.84 bits per heavy atom. The van der Waals surface area contributed by atoms with Gasteiger partial charge in [0.25, 0.3) is 0 Å². The topological polar surface area (TPSA) is 22.1 Å². The van der Waals surface area contributed by atoms with Gasteiger partial charge in [-0.1, -0.05) is 17.7 Å². The van der Waals surface area contributed by atoms with E-state index in [2.05, 4.69) is 17.1 Å². The molecule has 0 bridgehead atoms. The van der Waals surface area contributed by atoms with Gasteiger partial charge in [-0.3, -0.25) is 0 Å². The molecule has 0 aliphatic heterocycles. The highest BCUT2D eigenvalue weighted by molar-refractivity contribution is 6.32. The first kappa shape index (κ1) is 12.8. The first-order valence-corrected chi connectivity index (χ1v) is 7.17. The molecule has 1 heterocycles. The lowest BCUT2D eigenvalue weighted by Crippen LogP contribution is -1.92. The summed E-state index contributed by atoms with van der Waals surface area (Å²) in [6, 6.07) is 8.00. The summed E-state index contributed by atoms with van der Waals surface area (Å²) in [6.07, 6.45) is 5.11. The van der Waals surface area contributed by atoms with E-state index in [1.165, 1.54) is 24.0 Å². The van der Waals surface area contributed by atoms with Gasteiger partial charge >= 0.3 is 0 Å². The number of hydrogen-bond acceptors (Lipinski definition) is 2. The number of hydrogen-bond donors (Lipinski definition) is 0. The third-order valence-corrected chi connectivity index (χ3v) is 3.97. The number of ether oxygens (including phenoxy) is 1. The van der Waals surface area contributed by atoms with E-state index in [0.29, 0.717) is 16.8 Å². The van der Waals surface area contributed by atoms with E-state index in [1.807, 2.05) is 6.07 Å². The van der Waals surface area contributed by atoms with Crippen molar-refractivity contribution in [2.24, 2.45) is 0 Å². The average molecular weight is 294 g/mol. The Labute approximate surface area is 122 Å². The fraction of sp³-hybridized carbons (Fsp3) is 0.267. The highest BCUT2D eigenvalue weighted by Gasteiger charge is 2.12. The number of alkyl halides is 1. The quantitative estimate of drug-likeness (QED) is 0.762. The standard InChI is InChI=1S/C15H13Cl2NO/c16-8-12-7-15(18-9-14(12)17)19-13-5-4-10-2-1-3-11(10)6-13/h4-7,9H,1-3,8H2. The van der Waals surface area contributed by atoms with Crippen LogP contribution in [0.2, 0.25) is 5.02 Å². The van der Waals surface area contributed by atoms with Crippen LogP contribution < -0.4 is 4.74 Å². The van der Waals surface area contributed by atoms with E-state index < -0.39 is 0 Å². The van der Waals surface area contributed by atoms with E-state index in [4.69, 9.17) is 27.9 Å². The van der Waals surface area contributed by atoms with E-state index in [0.717, 1.165) is 17.7 Å². The number of pyridine rings is 1. The van der Waals surface area contributed by atoms with Crippen molar-refractivity contribution in [2.45, 2.75) is 25.1 Å². The molecule has 1 aromatic heterocycles. The molecule has 98 valence electrons. The summed E-state index contributed by atoms with van der Waals surface area (Å²) in [5, 5.41) is 0.566. The van der Waals surface area contributed by atoms with Gasteiger partial charge in [0.2, 0.25) is 5.88 Å². The number of benzene rings is 1. The predicted octanol–water partition coefficient (Wildman–Crippen LogP) is 4.75. The first-order chi connectivity index (χ1) is 9.26. The van der Waals surface area contributed by atoms with Gasteiger partial charge in [0.15, 0.2) is 0 Å². The largest absolute Gasteiger partial charge is 0.439 e. The summed E-state index contributed by atoms with van der Waals surface area (Å²) >= 11 is 11.8. The van der Waals surface area contributed by atoms with Gasteiger partial charge in [-0.25, -0.2) is 4.98 Å². The summed E-state index contributed by atoms with van der Waals surface area (Å²) in [5.74, 6) is 1.69. The zero-order valence-electron chi connectivity index (χ0n) is 10.3. The summed E-state index contributed by atoms with van der Waals surface area (Å²) in [4.78, 5) is 4.16. The van der Waals surface area contributed by atoms with Crippen molar-refractivity contribution in [3.8, 4) is 11.6 Å². The molecule has 0 fully saturated rings. The molecule has 3 rings (SSSR count). The zero-order valence-corrected chi connectivity index (χ0v) is 11.8. The number of halogens is 2. The van der Waals surface area contributed by atoms with Crippen LogP contribution >= 0.6 is 23.2 Å². The molecule has 0 saturated heterocycles. The Morgan fingerprint density at radius 1 is 1.16 bits per heavy atom. The van der Waals surface area contributed by atoms with Gasteiger partial charge in [0.1, 0.15) is 5.75 Å². The summed E-state index contributed by atoms with van der Waals surface area (Å²) < 4.78 is 5.77. The van der Waals surface area contributed by atoms with Gasteiger partial charge in [-0.05, 0) is 48.1 Å². The highest BCUT2D eigenvalue weighted by Crippen LogP contribution is 2.29. The summed E-state index contributed by atoms with van der Waals surface area (Å²) in [5.41, 5.74) is 3.64. The van der Waals surface area contributed by atoms with Crippen LogP contribution in [0.1, 0.15) is 23.1 Å². The number of fused-ring (bicyclic) bond motifs is 1. The maximum Gasteiger partial charge on any atom is 0.219 e.